The molecule has 1 heterocycles. The molecule has 0 aliphatic carbocycles. The fourth-order valence-electron chi connectivity index (χ4n) is 2.03. The Morgan fingerprint density at radius 1 is 1.06 bits per heavy atom. The molecule has 1 saturated heterocycles. The number of likely N-dealkylation sites (tertiary alicyclic amines) is 1. The molecule has 106 valence electrons. The van der Waals surface area contributed by atoms with Gasteiger partial charge < -0.3 is 10.6 Å². The number of hydrogen-bond donors (Lipinski definition) is 1. The van der Waals surface area contributed by atoms with Gasteiger partial charge >= 0.3 is 6.18 Å². The minimum absolute atomic E-state index is 0.125. The quantitative estimate of drug-likeness (QED) is 0.482. The summed E-state index contributed by atoms with van der Waals surface area (Å²) in [4.78, 5) is 6.20. The Hall–Kier alpha value is -0.940. The third-order valence-corrected chi connectivity index (χ3v) is 3.07. The molecule has 0 amide bonds. The van der Waals surface area contributed by atoms with Gasteiger partial charge in [-0.25, -0.2) is 0 Å². The van der Waals surface area contributed by atoms with Crippen LogP contribution in [0.2, 0.25) is 0 Å². The van der Waals surface area contributed by atoms with Gasteiger partial charge in [-0.1, -0.05) is 12.8 Å². The van der Waals surface area contributed by atoms with Crippen molar-refractivity contribution in [3.63, 3.8) is 0 Å². The van der Waals surface area contributed by atoms with Crippen molar-refractivity contribution >= 4 is 5.96 Å². The number of rotatable bonds is 4. The van der Waals surface area contributed by atoms with E-state index in [9.17, 15) is 13.2 Å². The lowest BCUT2D eigenvalue weighted by molar-refractivity contribution is -0.135. The Labute approximate surface area is 106 Å². The first-order chi connectivity index (χ1) is 8.49. The molecule has 0 atom stereocenters. The molecule has 18 heavy (non-hydrogen) atoms. The molecule has 3 nitrogen and oxygen atoms in total. The van der Waals surface area contributed by atoms with E-state index in [1.807, 2.05) is 4.90 Å². The maximum atomic E-state index is 11.9. The summed E-state index contributed by atoms with van der Waals surface area (Å²) >= 11 is 0. The molecule has 0 aromatic rings. The summed E-state index contributed by atoms with van der Waals surface area (Å²) < 4.78 is 35.7. The summed E-state index contributed by atoms with van der Waals surface area (Å²) in [6, 6.07) is 0. The summed E-state index contributed by atoms with van der Waals surface area (Å²) in [6.07, 6.45) is 0.444. The van der Waals surface area contributed by atoms with E-state index >= 15 is 0 Å². The van der Waals surface area contributed by atoms with Crippen molar-refractivity contribution in [1.82, 2.24) is 4.90 Å². The maximum Gasteiger partial charge on any atom is 0.389 e. The van der Waals surface area contributed by atoms with Gasteiger partial charge in [-0.05, 0) is 25.7 Å². The van der Waals surface area contributed by atoms with Crippen LogP contribution >= 0.6 is 0 Å². The summed E-state index contributed by atoms with van der Waals surface area (Å²) in [5, 5.41) is 0. The van der Waals surface area contributed by atoms with Gasteiger partial charge in [-0.3, -0.25) is 4.99 Å². The van der Waals surface area contributed by atoms with E-state index in [0.717, 1.165) is 25.9 Å². The van der Waals surface area contributed by atoms with Crippen LogP contribution in [0.4, 0.5) is 13.2 Å². The molecule has 0 saturated carbocycles. The molecule has 6 heteroatoms. The van der Waals surface area contributed by atoms with Gasteiger partial charge in [0, 0.05) is 26.1 Å². The highest BCUT2D eigenvalue weighted by Gasteiger charge is 2.25. The van der Waals surface area contributed by atoms with Crippen LogP contribution in [0.5, 0.6) is 0 Å². The van der Waals surface area contributed by atoms with Crippen molar-refractivity contribution in [2.75, 3.05) is 19.6 Å². The predicted molar refractivity (Wildman–Crippen MR) is 66.4 cm³/mol. The van der Waals surface area contributed by atoms with E-state index in [2.05, 4.69) is 4.99 Å². The topological polar surface area (TPSA) is 41.6 Å². The average Bonchev–Trinajstić information content (AvgIpc) is 2.55. The molecule has 1 aliphatic heterocycles. The van der Waals surface area contributed by atoms with Crippen molar-refractivity contribution < 1.29 is 13.2 Å². The molecule has 1 aliphatic rings. The summed E-state index contributed by atoms with van der Waals surface area (Å²) in [7, 11) is 0. The SMILES string of the molecule is NC(=NCCCCC(F)(F)F)N1CCCCCC1. The minimum atomic E-state index is -4.06. The number of guanidine groups is 1. The van der Waals surface area contributed by atoms with Gasteiger partial charge in [0.05, 0.1) is 0 Å². The van der Waals surface area contributed by atoms with Gasteiger partial charge in [0.15, 0.2) is 5.96 Å². The van der Waals surface area contributed by atoms with E-state index < -0.39 is 12.6 Å². The number of hydrogen-bond acceptors (Lipinski definition) is 1. The number of alkyl halides is 3. The van der Waals surface area contributed by atoms with Crippen molar-refractivity contribution in [2.45, 2.75) is 51.1 Å². The largest absolute Gasteiger partial charge is 0.389 e. The van der Waals surface area contributed by atoms with Crippen LogP contribution in [0.15, 0.2) is 4.99 Å². The lowest BCUT2D eigenvalue weighted by Crippen LogP contribution is -2.38. The van der Waals surface area contributed by atoms with Crippen molar-refractivity contribution in [3.05, 3.63) is 0 Å². The molecule has 1 fully saturated rings. The van der Waals surface area contributed by atoms with E-state index in [4.69, 9.17) is 5.73 Å². The highest BCUT2D eigenvalue weighted by atomic mass is 19.4. The van der Waals surface area contributed by atoms with E-state index in [-0.39, 0.29) is 6.42 Å². The Kier molecular flexibility index (Phi) is 6.29. The number of aliphatic imine (C=N–C) groups is 1. The van der Waals surface area contributed by atoms with E-state index in [0.29, 0.717) is 18.9 Å². The number of nitrogens with two attached hydrogens (primary N) is 1. The Bertz CT molecular complexity index is 256. The van der Waals surface area contributed by atoms with Crippen LogP contribution in [-0.2, 0) is 0 Å². The zero-order valence-corrected chi connectivity index (χ0v) is 10.7. The van der Waals surface area contributed by atoms with Gasteiger partial charge in [0.1, 0.15) is 0 Å². The normalized spacial score (nSPS) is 18.8. The smallest absolute Gasteiger partial charge is 0.370 e. The first-order valence-electron chi connectivity index (χ1n) is 6.61. The average molecular weight is 265 g/mol. The molecule has 0 spiro atoms. The van der Waals surface area contributed by atoms with E-state index in [1.165, 1.54) is 12.8 Å². The summed E-state index contributed by atoms with van der Waals surface area (Å²) in [6.45, 7) is 2.22. The zero-order valence-electron chi connectivity index (χ0n) is 10.7. The van der Waals surface area contributed by atoms with Gasteiger partial charge in [0.2, 0.25) is 0 Å². The second-order valence-electron chi connectivity index (χ2n) is 4.71. The zero-order chi connectivity index (χ0) is 13.4. The Balaban J connectivity index is 2.20. The predicted octanol–water partition coefficient (Wildman–Crippen LogP) is 2.91. The monoisotopic (exact) mass is 265 g/mol. The minimum Gasteiger partial charge on any atom is -0.370 e. The van der Waals surface area contributed by atoms with Gasteiger partial charge in [0.25, 0.3) is 0 Å². The molecule has 2 N–H and O–H groups in total. The lowest BCUT2D eigenvalue weighted by Gasteiger charge is -2.21. The number of halogens is 3. The molecule has 0 aromatic heterocycles. The van der Waals surface area contributed by atoms with Crippen molar-refractivity contribution in [1.29, 1.82) is 0 Å². The van der Waals surface area contributed by atoms with Crippen LogP contribution in [-0.4, -0.2) is 36.7 Å². The molecule has 1 rings (SSSR count). The Morgan fingerprint density at radius 2 is 1.67 bits per heavy atom. The Morgan fingerprint density at radius 3 is 2.22 bits per heavy atom. The van der Waals surface area contributed by atoms with Crippen LogP contribution in [0.1, 0.15) is 44.9 Å². The van der Waals surface area contributed by atoms with Crippen molar-refractivity contribution in [2.24, 2.45) is 10.7 Å². The van der Waals surface area contributed by atoms with E-state index in [1.54, 1.807) is 0 Å². The third kappa shape index (κ3) is 6.71. The van der Waals surface area contributed by atoms with Crippen LogP contribution in [0.3, 0.4) is 0 Å². The van der Waals surface area contributed by atoms with Gasteiger partial charge in [-0.2, -0.15) is 13.2 Å². The first-order valence-corrected chi connectivity index (χ1v) is 6.61. The molecule has 0 unspecified atom stereocenters. The molecule has 0 bridgehead atoms. The molecular formula is C12H22F3N3. The van der Waals surface area contributed by atoms with Crippen LogP contribution in [0.25, 0.3) is 0 Å². The fourth-order valence-corrected chi connectivity index (χ4v) is 2.03. The summed E-state index contributed by atoms with van der Waals surface area (Å²) in [5.74, 6) is 0.490. The second-order valence-corrected chi connectivity index (χ2v) is 4.71. The highest BCUT2D eigenvalue weighted by molar-refractivity contribution is 5.78. The van der Waals surface area contributed by atoms with Crippen molar-refractivity contribution in [3.8, 4) is 0 Å². The fraction of sp³-hybridized carbons (Fsp3) is 0.917. The van der Waals surface area contributed by atoms with Crippen LogP contribution < -0.4 is 5.73 Å². The summed E-state index contributed by atoms with van der Waals surface area (Å²) in [5.41, 5.74) is 5.84. The molecule has 0 radical (unpaired) electrons. The highest BCUT2D eigenvalue weighted by Crippen LogP contribution is 2.22. The second kappa shape index (κ2) is 7.48. The molecule has 0 aromatic carbocycles. The standard InChI is InChI=1S/C12H22F3N3/c13-12(14,15)7-3-4-8-17-11(16)18-9-5-1-2-6-10-18/h1-10H2,(H2,16,17). The third-order valence-electron chi connectivity index (χ3n) is 3.07. The van der Waals surface area contributed by atoms with Gasteiger partial charge in [-0.15, -0.1) is 0 Å². The maximum absolute atomic E-state index is 11.9. The first kappa shape index (κ1) is 15.1. The lowest BCUT2D eigenvalue weighted by atomic mass is 10.2. The van der Waals surface area contributed by atoms with Crippen LogP contribution in [0, 0.1) is 0 Å². The number of unbranched alkanes of at least 4 members (excludes halogenated alkanes) is 1. The number of nitrogens with zero attached hydrogens (tertiary/aromatic N) is 2. The molecular weight excluding hydrogens is 243 g/mol.